The van der Waals surface area contributed by atoms with Crippen LogP contribution in [0, 0.1) is 5.41 Å². The lowest BCUT2D eigenvalue weighted by atomic mass is 9.94. The Morgan fingerprint density at radius 1 is 1.04 bits per heavy atom. The summed E-state index contributed by atoms with van der Waals surface area (Å²) >= 11 is 0. The van der Waals surface area contributed by atoms with Crippen molar-refractivity contribution in [2.45, 2.75) is 33.6 Å². The second-order valence-corrected chi connectivity index (χ2v) is 8.19. The molecule has 6 nitrogen and oxygen atoms in total. The summed E-state index contributed by atoms with van der Waals surface area (Å²) in [5.74, 6) is 0.297. The van der Waals surface area contributed by atoms with E-state index >= 15 is 0 Å². The van der Waals surface area contributed by atoms with E-state index in [9.17, 15) is 14.4 Å². The first kappa shape index (κ1) is 18.4. The molecule has 1 saturated heterocycles. The molecule has 26 heavy (non-hydrogen) atoms. The number of carbonyl (C=O) groups excluding carboxylic acids is 3. The van der Waals surface area contributed by atoms with Crippen LogP contribution >= 0.6 is 0 Å². The number of fused-ring (bicyclic) bond motifs is 1. The Labute approximate surface area is 154 Å². The quantitative estimate of drug-likeness (QED) is 0.805. The molecule has 1 fully saturated rings. The molecule has 0 aliphatic carbocycles. The summed E-state index contributed by atoms with van der Waals surface area (Å²) in [7, 11) is 1.78. The minimum absolute atomic E-state index is 0.0745. The van der Waals surface area contributed by atoms with E-state index in [1.54, 1.807) is 11.9 Å². The van der Waals surface area contributed by atoms with Gasteiger partial charge < -0.3 is 14.7 Å². The molecule has 2 aliphatic heterocycles. The highest BCUT2D eigenvalue weighted by atomic mass is 16.2. The van der Waals surface area contributed by atoms with Gasteiger partial charge in [0.25, 0.3) is 0 Å². The van der Waals surface area contributed by atoms with Gasteiger partial charge in [-0.15, -0.1) is 0 Å². The van der Waals surface area contributed by atoms with Gasteiger partial charge in [-0.1, -0.05) is 32.9 Å². The molecular weight excluding hydrogens is 330 g/mol. The van der Waals surface area contributed by atoms with Gasteiger partial charge in [-0.2, -0.15) is 0 Å². The van der Waals surface area contributed by atoms with Crippen molar-refractivity contribution >= 4 is 23.4 Å². The summed E-state index contributed by atoms with van der Waals surface area (Å²) in [5, 5.41) is 0. The fraction of sp³-hybridized carbons (Fsp3) is 0.550. The van der Waals surface area contributed by atoms with Crippen molar-refractivity contribution in [3.05, 3.63) is 29.3 Å². The first-order valence-corrected chi connectivity index (χ1v) is 9.12. The molecule has 0 radical (unpaired) electrons. The summed E-state index contributed by atoms with van der Waals surface area (Å²) in [6.07, 6.45) is 0.736. The summed E-state index contributed by atoms with van der Waals surface area (Å²) in [5.41, 5.74) is 2.47. The minimum atomic E-state index is -0.388. The normalized spacial score (nSPS) is 17.5. The van der Waals surface area contributed by atoms with Crippen LogP contribution in [0.15, 0.2) is 18.2 Å². The molecule has 0 N–H and O–H groups in total. The number of hydrogen-bond donors (Lipinski definition) is 0. The van der Waals surface area contributed by atoms with E-state index in [1.165, 1.54) is 0 Å². The van der Waals surface area contributed by atoms with Crippen LogP contribution in [0.4, 0.5) is 5.69 Å². The van der Waals surface area contributed by atoms with Crippen LogP contribution in [0.1, 0.15) is 31.9 Å². The van der Waals surface area contributed by atoms with Crippen LogP contribution in [0.5, 0.6) is 0 Å². The van der Waals surface area contributed by atoms with Gasteiger partial charge in [0.1, 0.15) is 0 Å². The first-order chi connectivity index (χ1) is 12.2. The van der Waals surface area contributed by atoms with Crippen molar-refractivity contribution in [3.63, 3.8) is 0 Å². The fourth-order valence-corrected chi connectivity index (χ4v) is 3.55. The molecule has 1 aromatic rings. The number of anilines is 1. The van der Waals surface area contributed by atoms with E-state index in [0.29, 0.717) is 39.0 Å². The number of piperazine rings is 1. The standard InChI is InChI=1S/C20H27N3O3/c1-20(2,3)19(26)23-9-7-22(8-10-23)18(25)12-14-5-6-16-15(11-14)13-17(24)21(16)4/h5-6,11H,7-10,12-13H2,1-4H3. The van der Waals surface area contributed by atoms with Crippen molar-refractivity contribution in [1.82, 2.24) is 9.80 Å². The molecule has 0 atom stereocenters. The highest BCUT2D eigenvalue weighted by molar-refractivity contribution is 6.01. The van der Waals surface area contributed by atoms with Gasteiger partial charge in [0.2, 0.25) is 17.7 Å². The smallest absolute Gasteiger partial charge is 0.231 e. The lowest BCUT2D eigenvalue weighted by molar-refractivity contribution is -0.144. The summed E-state index contributed by atoms with van der Waals surface area (Å²) in [6.45, 7) is 8.09. The average Bonchev–Trinajstić information content (AvgIpc) is 2.87. The predicted octanol–water partition coefficient (Wildman–Crippen LogP) is 1.46. The molecule has 140 valence electrons. The molecule has 0 saturated carbocycles. The molecule has 6 heteroatoms. The summed E-state index contributed by atoms with van der Waals surface area (Å²) in [6, 6.07) is 5.81. The van der Waals surface area contributed by atoms with E-state index in [1.807, 2.05) is 48.8 Å². The van der Waals surface area contributed by atoms with Crippen molar-refractivity contribution in [2.75, 3.05) is 38.1 Å². The fourth-order valence-electron chi connectivity index (χ4n) is 3.55. The number of hydrogen-bond acceptors (Lipinski definition) is 3. The molecular formula is C20H27N3O3. The number of likely N-dealkylation sites (N-methyl/N-ethyl adjacent to an activating group) is 1. The maximum absolute atomic E-state index is 12.6. The maximum Gasteiger partial charge on any atom is 0.231 e. The molecule has 3 rings (SSSR count). The van der Waals surface area contributed by atoms with Crippen LogP contribution in [-0.4, -0.2) is 60.7 Å². The van der Waals surface area contributed by atoms with Crippen molar-refractivity contribution in [2.24, 2.45) is 5.41 Å². The Morgan fingerprint density at radius 3 is 2.27 bits per heavy atom. The zero-order chi connectivity index (χ0) is 19.1. The lowest BCUT2D eigenvalue weighted by Crippen LogP contribution is -2.53. The zero-order valence-corrected chi connectivity index (χ0v) is 16.0. The van der Waals surface area contributed by atoms with Crippen molar-refractivity contribution in [3.8, 4) is 0 Å². The Kier molecular flexibility index (Phi) is 4.78. The van der Waals surface area contributed by atoms with Crippen LogP contribution < -0.4 is 4.90 Å². The average molecular weight is 357 g/mol. The van der Waals surface area contributed by atoms with Crippen LogP contribution in [-0.2, 0) is 27.2 Å². The van der Waals surface area contributed by atoms with Gasteiger partial charge in [0, 0.05) is 44.3 Å². The molecule has 0 bridgehead atoms. The van der Waals surface area contributed by atoms with Gasteiger partial charge in [-0.05, 0) is 17.2 Å². The summed E-state index contributed by atoms with van der Waals surface area (Å²) in [4.78, 5) is 42.1. The van der Waals surface area contributed by atoms with Crippen LogP contribution in [0.3, 0.4) is 0 Å². The molecule has 2 heterocycles. The van der Waals surface area contributed by atoms with E-state index in [0.717, 1.165) is 16.8 Å². The third-order valence-electron chi connectivity index (χ3n) is 5.14. The van der Waals surface area contributed by atoms with E-state index in [4.69, 9.17) is 0 Å². The van der Waals surface area contributed by atoms with Crippen molar-refractivity contribution < 1.29 is 14.4 Å². The van der Waals surface area contributed by atoms with Gasteiger partial charge in [-0.25, -0.2) is 0 Å². The van der Waals surface area contributed by atoms with E-state index in [-0.39, 0.29) is 23.1 Å². The first-order valence-electron chi connectivity index (χ1n) is 9.12. The molecule has 1 aromatic carbocycles. The van der Waals surface area contributed by atoms with Crippen LogP contribution in [0.25, 0.3) is 0 Å². The Balaban J connectivity index is 1.58. The monoisotopic (exact) mass is 357 g/mol. The third kappa shape index (κ3) is 3.59. The predicted molar refractivity (Wildman–Crippen MR) is 99.9 cm³/mol. The zero-order valence-electron chi connectivity index (χ0n) is 16.0. The highest BCUT2D eigenvalue weighted by Crippen LogP contribution is 2.28. The molecule has 0 spiro atoms. The Bertz CT molecular complexity index is 743. The second kappa shape index (κ2) is 6.74. The van der Waals surface area contributed by atoms with E-state index < -0.39 is 0 Å². The Hall–Kier alpha value is -2.37. The number of rotatable bonds is 2. The maximum atomic E-state index is 12.6. The topological polar surface area (TPSA) is 60.9 Å². The third-order valence-corrected chi connectivity index (χ3v) is 5.14. The van der Waals surface area contributed by atoms with E-state index in [2.05, 4.69) is 0 Å². The molecule has 0 aromatic heterocycles. The number of amides is 3. The second-order valence-electron chi connectivity index (χ2n) is 8.19. The highest BCUT2D eigenvalue weighted by Gasteiger charge is 2.31. The number of carbonyl (C=O) groups is 3. The van der Waals surface area contributed by atoms with Crippen LogP contribution in [0.2, 0.25) is 0 Å². The van der Waals surface area contributed by atoms with Gasteiger partial charge >= 0.3 is 0 Å². The number of benzene rings is 1. The van der Waals surface area contributed by atoms with Gasteiger partial charge in [0.05, 0.1) is 12.8 Å². The van der Waals surface area contributed by atoms with Crippen molar-refractivity contribution in [1.29, 1.82) is 0 Å². The largest absolute Gasteiger partial charge is 0.339 e. The minimum Gasteiger partial charge on any atom is -0.339 e. The van der Waals surface area contributed by atoms with Gasteiger partial charge in [0.15, 0.2) is 0 Å². The lowest BCUT2D eigenvalue weighted by Gasteiger charge is -2.37. The van der Waals surface area contributed by atoms with Gasteiger partial charge in [-0.3, -0.25) is 14.4 Å². The summed E-state index contributed by atoms with van der Waals surface area (Å²) < 4.78 is 0. The SMILES string of the molecule is CN1C(=O)Cc2cc(CC(=O)N3CCN(C(=O)C(C)(C)C)CC3)ccc21. The molecule has 0 unspecified atom stereocenters. The molecule has 3 amide bonds. The molecule has 2 aliphatic rings. The Morgan fingerprint density at radius 2 is 1.65 bits per heavy atom. The number of nitrogens with zero attached hydrogens (tertiary/aromatic N) is 3.